The van der Waals surface area contributed by atoms with Crippen LogP contribution in [-0.2, 0) is 0 Å². The van der Waals surface area contributed by atoms with Crippen LogP contribution in [0.2, 0.25) is 0 Å². The van der Waals surface area contributed by atoms with E-state index < -0.39 is 0 Å². The third-order valence-electron chi connectivity index (χ3n) is 3.21. The van der Waals surface area contributed by atoms with Gasteiger partial charge in [0.2, 0.25) is 0 Å². The van der Waals surface area contributed by atoms with Gasteiger partial charge >= 0.3 is 0 Å². The van der Waals surface area contributed by atoms with Crippen LogP contribution in [0.1, 0.15) is 5.69 Å². The zero-order valence-corrected chi connectivity index (χ0v) is 11.9. The maximum absolute atomic E-state index is 5.40. The Bertz CT molecular complexity index is 757. The summed E-state index contributed by atoms with van der Waals surface area (Å²) in [5.74, 6) is 0. The average molecular weight is 281 g/mol. The molecule has 0 aliphatic heterocycles. The van der Waals surface area contributed by atoms with Gasteiger partial charge in [0.05, 0.1) is 17.1 Å². The van der Waals surface area contributed by atoms with Crippen molar-refractivity contribution in [3.8, 4) is 11.3 Å². The molecule has 100 valence electrons. The summed E-state index contributed by atoms with van der Waals surface area (Å²) in [4.78, 5) is 3.26. The first kappa shape index (κ1) is 12.7. The van der Waals surface area contributed by atoms with Crippen molar-refractivity contribution in [1.29, 1.82) is 0 Å². The highest BCUT2D eigenvalue weighted by molar-refractivity contribution is 7.71. The van der Waals surface area contributed by atoms with Crippen LogP contribution in [-0.4, -0.2) is 9.66 Å². The number of benzene rings is 2. The number of H-pyrrole nitrogens is 1. The zero-order valence-electron chi connectivity index (χ0n) is 11.1. The van der Waals surface area contributed by atoms with Crippen molar-refractivity contribution in [2.75, 3.05) is 5.43 Å². The van der Waals surface area contributed by atoms with E-state index in [4.69, 9.17) is 12.2 Å². The third kappa shape index (κ3) is 2.38. The maximum atomic E-state index is 5.40. The standard InChI is InChI=1S/C16H15N3S/c1-12-15(13-8-4-2-5-9-13)17-16(20)19(12)18-14-10-6-3-7-11-14/h2-11,18H,1H3,(H,17,20). The van der Waals surface area contributed by atoms with Gasteiger partial charge in [-0.1, -0.05) is 48.5 Å². The number of nitrogens with one attached hydrogen (secondary N) is 2. The van der Waals surface area contributed by atoms with Gasteiger partial charge in [-0.3, -0.25) is 5.43 Å². The van der Waals surface area contributed by atoms with E-state index in [0.29, 0.717) is 4.77 Å². The van der Waals surface area contributed by atoms with Gasteiger partial charge in [0.25, 0.3) is 0 Å². The predicted molar refractivity (Wildman–Crippen MR) is 85.3 cm³/mol. The van der Waals surface area contributed by atoms with Crippen molar-refractivity contribution < 1.29 is 0 Å². The molecule has 1 aromatic heterocycles. The van der Waals surface area contributed by atoms with Gasteiger partial charge < -0.3 is 4.98 Å². The monoisotopic (exact) mass is 281 g/mol. The van der Waals surface area contributed by atoms with Gasteiger partial charge in [-0.15, -0.1) is 0 Å². The quantitative estimate of drug-likeness (QED) is 0.698. The molecule has 0 aliphatic carbocycles. The summed E-state index contributed by atoms with van der Waals surface area (Å²) in [6.07, 6.45) is 0. The Morgan fingerprint density at radius 1 is 0.950 bits per heavy atom. The smallest absolute Gasteiger partial charge is 0.197 e. The van der Waals surface area contributed by atoms with E-state index in [-0.39, 0.29) is 0 Å². The Kier molecular flexibility index (Phi) is 3.39. The first-order valence-electron chi connectivity index (χ1n) is 6.45. The summed E-state index contributed by atoms with van der Waals surface area (Å²) in [7, 11) is 0. The predicted octanol–water partition coefficient (Wildman–Crippen LogP) is 4.40. The van der Waals surface area contributed by atoms with E-state index in [1.165, 1.54) is 0 Å². The molecule has 20 heavy (non-hydrogen) atoms. The van der Waals surface area contributed by atoms with Crippen LogP contribution < -0.4 is 5.43 Å². The van der Waals surface area contributed by atoms with E-state index >= 15 is 0 Å². The Hall–Kier alpha value is -2.33. The topological polar surface area (TPSA) is 32.8 Å². The molecule has 0 bridgehead atoms. The van der Waals surface area contributed by atoms with Gasteiger partial charge in [0.15, 0.2) is 4.77 Å². The number of aromatic amines is 1. The minimum atomic E-state index is 0.658. The summed E-state index contributed by atoms with van der Waals surface area (Å²) in [6.45, 7) is 2.05. The second-order valence-electron chi connectivity index (χ2n) is 4.57. The lowest BCUT2D eigenvalue weighted by molar-refractivity contribution is 0.896. The Morgan fingerprint density at radius 3 is 2.20 bits per heavy atom. The lowest BCUT2D eigenvalue weighted by atomic mass is 10.1. The molecule has 2 aromatic carbocycles. The van der Waals surface area contributed by atoms with Crippen LogP contribution in [0.15, 0.2) is 60.7 Å². The lowest BCUT2D eigenvalue weighted by Crippen LogP contribution is -2.10. The van der Waals surface area contributed by atoms with Crippen molar-refractivity contribution in [2.45, 2.75) is 6.92 Å². The highest BCUT2D eigenvalue weighted by Gasteiger charge is 2.09. The van der Waals surface area contributed by atoms with Crippen LogP contribution in [0, 0.1) is 11.7 Å². The highest BCUT2D eigenvalue weighted by atomic mass is 32.1. The fourth-order valence-electron chi connectivity index (χ4n) is 2.18. The molecule has 0 fully saturated rings. The van der Waals surface area contributed by atoms with Crippen LogP contribution in [0.4, 0.5) is 5.69 Å². The number of para-hydroxylation sites is 1. The average Bonchev–Trinajstić information content (AvgIpc) is 2.77. The summed E-state index contributed by atoms with van der Waals surface area (Å²) in [5.41, 5.74) is 7.55. The molecule has 3 nitrogen and oxygen atoms in total. The van der Waals surface area contributed by atoms with Gasteiger partial charge in [0, 0.05) is 0 Å². The molecule has 0 saturated carbocycles. The fourth-order valence-corrected chi connectivity index (χ4v) is 2.46. The van der Waals surface area contributed by atoms with Crippen LogP contribution >= 0.6 is 12.2 Å². The summed E-state index contributed by atoms with van der Waals surface area (Å²) in [5, 5.41) is 0. The van der Waals surface area contributed by atoms with Crippen molar-refractivity contribution in [2.24, 2.45) is 0 Å². The first-order chi connectivity index (χ1) is 9.75. The molecule has 0 atom stereocenters. The van der Waals surface area contributed by atoms with Gasteiger partial charge in [-0.05, 0) is 36.8 Å². The van der Waals surface area contributed by atoms with E-state index in [1.807, 2.05) is 60.1 Å². The summed E-state index contributed by atoms with van der Waals surface area (Å²) < 4.78 is 2.55. The van der Waals surface area contributed by atoms with Crippen LogP contribution in [0.25, 0.3) is 11.3 Å². The largest absolute Gasteiger partial charge is 0.329 e. The molecule has 0 saturated heterocycles. The number of anilines is 1. The molecule has 2 N–H and O–H groups in total. The number of nitrogens with zero attached hydrogens (tertiary/aromatic N) is 1. The molecule has 0 aliphatic rings. The minimum Gasteiger partial charge on any atom is -0.329 e. The first-order valence-corrected chi connectivity index (χ1v) is 6.85. The normalized spacial score (nSPS) is 10.4. The number of rotatable bonds is 3. The third-order valence-corrected chi connectivity index (χ3v) is 3.49. The molecule has 4 heteroatoms. The zero-order chi connectivity index (χ0) is 13.9. The van der Waals surface area contributed by atoms with E-state index in [0.717, 1.165) is 22.6 Å². The lowest BCUT2D eigenvalue weighted by Gasteiger charge is -2.09. The van der Waals surface area contributed by atoms with E-state index in [1.54, 1.807) is 0 Å². The molecular weight excluding hydrogens is 266 g/mol. The van der Waals surface area contributed by atoms with Gasteiger partial charge in [-0.25, -0.2) is 4.68 Å². The molecular formula is C16H15N3S. The number of aromatic nitrogens is 2. The Labute approximate surface area is 122 Å². The van der Waals surface area contributed by atoms with E-state index in [9.17, 15) is 0 Å². The number of imidazole rings is 1. The molecule has 1 heterocycles. The Balaban J connectivity index is 2.02. The van der Waals surface area contributed by atoms with Crippen molar-refractivity contribution in [3.05, 3.63) is 71.1 Å². The van der Waals surface area contributed by atoms with Crippen molar-refractivity contribution >= 4 is 17.9 Å². The van der Waals surface area contributed by atoms with Crippen LogP contribution in [0.3, 0.4) is 0 Å². The molecule has 0 spiro atoms. The van der Waals surface area contributed by atoms with Crippen LogP contribution in [0.5, 0.6) is 0 Å². The molecule has 0 unspecified atom stereocenters. The van der Waals surface area contributed by atoms with Crippen molar-refractivity contribution in [1.82, 2.24) is 9.66 Å². The van der Waals surface area contributed by atoms with Crippen molar-refractivity contribution in [3.63, 3.8) is 0 Å². The van der Waals surface area contributed by atoms with Gasteiger partial charge in [-0.2, -0.15) is 0 Å². The molecule has 3 rings (SSSR count). The number of hydrogen-bond donors (Lipinski definition) is 2. The maximum Gasteiger partial charge on any atom is 0.197 e. The highest BCUT2D eigenvalue weighted by Crippen LogP contribution is 2.22. The second kappa shape index (κ2) is 5.35. The SMILES string of the molecule is Cc1c(-c2ccccc2)[nH]c(=S)n1Nc1ccccc1. The number of hydrogen-bond acceptors (Lipinski definition) is 2. The minimum absolute atomic E-state index is 0.658. The summed E-state index contributed by atoms with van der Waals surface area (Å²) >= 11 is 5.40. The van der Waals surface area contributed by atoms with E-state index in [2.05, 4.69) is 22.5 Å². The second-order valence-corrected chi connectivity index (χ2v) is 4.96. The molecule has 0 amide bonds. The fraction of sp³-hybridized carbons (Fsp3) is 0.0625. The van der Waals surface area contributed by atoms with Gasteiger partial charge in [0.1, 0.15) is 0 Å². The molecule has 3 aromatic rings. The summed E-state index contributed by atoms with van der Waals surface area (Å²) in [6, 6.07) is 20.2. The Morgan fingerprint density at radius 2 is 1.55 bits per heavy atom. The molecule has 0 radical (unpaired) electrons.